The number of hydrogen-bond acceptors (Lipinski definition) is 2. The van der Waals surface area contributed by atoms with E-state index in [2.05, 4.69) is 71.7 Å². The van der Waals surface area contributed by atoms with Gasteiger partial charge in [0.15, 0.2) is 0 Å². The maximum Gasteiger partial charge on any atom is 0.136 e. The Kier molecular flexibility index (Phi) is 6.44. The number of phenolic OH excluding ortho intramolecular Hbond substituents is 2. The second-order valence-electron chi connectivity index (χ2n) is 6.50. The maximum atomic E-state index is 10.8. The largest absolute Gasteiger partial charge is 0.506 e. The van der Waals surface area contributed by atoms with Crippen molar-refractivity contribution in [2.45, 2.75) is 52.4 Å². The van der Waals surface area contributed by atoms with Crippen LogP contribution >= 0.6 is 45.2 Å². The summed E-state index contributed by atoms with van der Waals surface area (Å²) in [5, 5.41) is 21.6. The molecular formula is C19H24I2O2. The lowest BCUT2D eigenvalue weighted by molar-refractivity contribution is 0.402. The molecule has 0 radical (unpaired) electrons. The minimum Gasteiger partial charge on any atom is -0.506 e. The molecule has 0 amide bonds. The Balaban J connectivity index is 2.66. The van der Waals surface area contributed by atoms with E-state index in [-0.39, 0.29) is 23.3 Å². The zero-order valence-electron chi connectivity index (χ0n) is 13.9. The molecule has 2 N–H and O–H groups in total. The summed E-state index contributed by atoms with van der Waals surface area (Å²) in [5.41, 5.74) is 4.15. The first kappa shape index (κ1) is 19.1. The highest BCUT2D eigenvalue weighted by molar-refractivity contribution is 14.1. The van der Waals surface area contributed by atoms with Crippen molar-refractivity contribution in [2.75, 3.05) is 0 Å². The van der Waals surface area contributed by atoms with Crippen molar-refractivity contribution >= 4 is 45.2 Å². The molecule has 0 fully saturated rings. The standard InChI is InChI=1S/C19H24I2O2/c1-5-6-13-16(20)18(22)15(19(23)17(13)21)14-9-11(4)7-8-12(14)10(2)3/h9,12,14,22-23H,2,5-8H2,1,3-4H3/t12-,14?/m0/s1. The van der Waals surface area contributed by atoms with Gasteiger partial charge in [0.05, 0.1) is 7.14 Å². The lowest BCUT2D eigenvalue weighted by atomic mass is 9.73. The summed E-state index contributed by atoms with van der Waals surface area (Å²) in [6.45, 7) is 10.4. The Morgan fingerprint density at radius 3 is 2.30 bits per heavy atom. The Labute approximate surface area is 166 Å². The normalized spacial score (nSPS) is 21.2. The fraction of sp³-hybridized carbons (Fsp3) is 0.474. The van der Waals surface area contributed by atoms with Gasteiger partial charge in [0.25, 0.3) is 0 Å². The number of aromatic hydroxyl groups is 2. The first-order valence-electron chi connectivity index (χ1n) is 8.03. The van der Waals surface area contributed by atoms with Gasteiger partial charge in [-0.05, 0) is 89.8 Å². The van der Waals surface area contributed by atoms with Gasteiger partial charge in [-0.3, -0.25) is 0 Å². The van der Waals surface area contributed by atoms with E-state index in [1.54, 1.807) is 0 Å². The molecule has 0 aliphatic heterocycles. The summed E-state index contributed by atoms with van der Waals surface area (Å²) in [7, 11) is 0. The van der Waals surface area contributed by atoms with Gasteiger partial charge in [-0.15, -0.1) is 0 Å². The van der Waals surface area contributed by atoms with Crippen LogP contribution in [0.4, 0.5) is 0 Å². The molecule has 1 aromatic carbocycles. The third-order valence-electron chi connectivity index (χ3n) is 4.67. The molecule has 0 spiro atoms. The highest BCUT2D eigenvalue weighted by atomic mass is 127. The number of benzene rings is 1. The fourth-order valence-electron chi connectivity index (χ4n) is 3.42. The van der Waals surface area contributed by atoms with E-state index >= 15 is 0 Å². The van der Waals surface area contributed by atoms with Crippen molar-refractivity contribution in [3.63, 3.8) is 0 Å². The fourth-order valence-corrected chi connectivity index (χ4v) is 5.60. The van der Waals surface area contributed by atoms with E-state index in [1.165, 1.54) is 5.57 Å². The second-order valence-corrected chi connectivity index (χ2v) is 8.66. The first-order valence-corrected chi connectivity index (χ1v) is 10.2. The van der Waals surface area contributed by atoms with Crippen molar-refractivity contribution < 1.29 is 10.2 Å². The number of rotatable bonds is 4. The molecule has 0 heterocycles. The highest BCUT2D eigenvalue weighted by Crippen LogP contribution is 2.50. The molecule has 1 unspecified atom stereocenters. The lowest BCUT2D eigenvalue weighted by Crippen LogP contribution is -2.18. The predicted octanol–water partition coefficient (Wildman–Crippen LogP) is 6.28. The number of hydrogen-bond donors (Lipinski definition) is 2. The van der Waals surface area contributed by atoms with Crippen LogP contribution in [0.5, 0.6) is 11.5 Å². The van der Waals surface area contributed by atoms with Crippen molar-refractivity contribution in [1.29, 1.82) is 0 Å². The van der Waals surface area contributed by atoms with Crippen molar-refractivity contribution in [1.82, 2.24) is 0 Å². The minimum absolute atomic E-state index is 0.000964. The van der Waals surface area contributed by atoms with Crippen molar-refractivity contribution in [3.05, 3.63) is 42.1 Å². The molecule has 2 rings (SSSR count). The van der Waals surface area contributed by atoms with Crippen LogP contribution in [0.15, 0.2) is 23.8 Å². The Morgan fingerprint density at radius 1 is 1.26 bits per heavy atom. The molecule has 2 nitrogen and oxygen atoms in total. The van der Waals surface area contributed by atoms with Gasteiger partial charge in [0.2, 0.25) is 0 Å². The summed E-state index contributed by atoms with van der Waals surface area (Å²) in [4.78, 5) is 0. The third kappa shape index (κ3) is 3.72. The van der Waals surface area contributed by atoms with Gasteiger partial charge in [0.1, 0.15) is 11.5 Å². The van der Waals surface area contributed by atoms with Crippen molar-refractivity contribution in [3.8, 4) is 11.5 Å². The molecule has 23 heavy (non-hydrogen) atoms. The predicted molar refractivity (Wildman–Crippen MR) is 113 cm³/mol. The van der Waals surface area contributed by atoms with Crippen LogP contribution in [0.1, 0.15) is 57.1 Å². The molecule has 0 aromatic heterocycles. The van der Waals surface area contributed by atoms with E-state index in [1.807, 2.05) is 6.92 Å². The Morgan fingerprint density at radius 2 is 1.83 bits per heavy atom. The highest BCUT2D eigenvalue weighted by Gasteiger charge is 2.32. The molecule has 126 valence electrons. The molecule has 1 aromatic rings. The topological polar surface area (TPSA) is 40.5 Å². The van der Waals surface area contributed by atoms with Gasteiger partial charge in [-0.2, -0.15) is 0 Å². The number of halogens is 2. The van der Waals surface area contributed by atoms with E-state index in [4.69, 9.17) is 0 Å². The Bertz CT molecular complexity index is 633. The van der Waals surface area contributed by atoms with E-state index < -0.39 is 0 Å². The molecule has 4 heteroatoms. The van der Waals surface area contributed by atoms with E-state index in [0.29, 0.717) is 5.56 Å². The average molecular weight is 538 g/mol. The van der Waals surface area contributed by atoms with E-state index in [0.717, 1.165) is 44.0 Å². The van der Waals surface area contributed by atoms with Crippen LogP contribution in [0.3, 0.4) is 0 Å². The monoisotopic (exact) mass is 538 g/mol. The average Bonchev–Trinajstić information content (AvgIpc) is 2.49. The summed E-state index contributed by atoms with van der Waals surface area (Å²) >= 11 is 4.43. The molecule has 0 bridgehead atoms. The quantitative estimate of drug-likeness (QED) is 0.351. The number of phenols is 2. The van der Waals surface area contributed by atoms with E-state index in [9.17, 15) is 10.2 Å². The molecule has 0 saturated carbocycles. The van der Waals surface area contributed by atoms with Crippen molar-refractivity contribution in [2.24, 2.45) is 5.92 Å². The minimum atomic E-state index is -0.000964. The summed E-state index contributed by atoms with van der Waals surface area (Å²) in [5.74, 6) is 0.751. The summed E-state index contributed by atoms with van der Waals surface area (Å²) < 4.78 is 1.75. The van der Waals surface area contributed by atoms with Gasteiger partial charge >= 0.3 is 0 Å². The van der Waals surface area contributed by atoms with Crippen LogP contribution < -0.4 is 0 Å². The molecular weight excluding hydrogens is 514 g/mol. The Hall–Kier alpha value is -0.240. The molecule has 1 aliphatic rings. The van der Waals surface area contributed by atoms with Crippen LogP contribution in [0.25, 0.3) is 0 Å². The van der Waals surface area contributed by atoms with Crippen LogP contribution in [0.2, 0.25) is 0 Å². The molecule has 1 aliphatic carbocycles. The smallest absolute Gasteiger partial charge is 0.136 e. The molecule has 0 saturated heterocycles. The van der Waals surface area contributed by atoms with Gasteiger partial charge in [0, 0.05) is 11.5 Å². The zero-order valence-corrected chi connectivity index (χ0v) is 18.2. The number of allylic oxidation sites excluding steroid dienone is 3. The lowest BCUT2D eigenvalue weighted by Gasteiger charge is -2.32. The molecule has 2 atom stereocenters. The van der Waals surface area contributed by atoms with Crippen LogP contribution in [-0.4, -0.2) is 10.2 Å². The summed E-state index contributed by atoms with van der Waals surface area (Å²) in [6, 6.07) is 0. The van der Waals surface area contributed by atoms with Gasteiger partial charge in [-0.1, -0.05) is 37.1 Å². The second kappa shape index (κ2) is 7.76. The maximum absolute atomic E-state index is 10.8. The third-order valence-corrected chi connectivity index (χ3v) is 6.99. The van der Waals surface area contributed by atoms with Crippen LogP contribution in [-0.2, 0) is 6.42 Å². The SMILES string of the molecule is C=C(C)[C@@H]1CCC(C)=CC1c1c(O)c(I)c(CCC)c(I)c1O. The first-order chi connectivity index (χ1) is 10.8. The zero-order chi connectivity index (χ0) is 17.3. The van der Waals surface area contributed by atoms with Gasteiger partial charge in [-0.25, -0.2) is 0 Å². The van der Waals surface area contributed by atoms with Gasteiger partial charge < -0.3 is 10.2 Å². The van der Waals surface area contributed by atoms with Crippen LogP contribution in [0, 0.1) is 13.1 Å². The summed E-state index contributed by atoms with van der Waals surface area (Å²) in [6.07, 6.45) is 6.12.